The van der Waals surface area contributed by atoms with E-state index in [9.17, 15) is 14.9 Å². The van der Waals surface area contributed by atoms with Crippen LogP contribution >= 0.6 is 0 Å². The standard InChI is InChI=1S/C21H17NO6/c1-26-20-8-4-5-9-21(20)27-14-16-11-10-15(28-16)12-13-19(23)17-6-2-3-7-18(17)22(24)25/h2-13H,14H2,1H3/b13-12+. The Hall–Kier alpha value is -3.87. The molecule has 1 aromatic heterocycles. The number of carbonyl (C=O) groups excluding carboxylic acids is 1. The number of benzene rings is 2. The highest BCUT2D eigenvalue weighted by Gasteiger charge is 2.17. The summed E-state index contributed by atoms with van der Waals surface area (Å²) in [5.74, 6) is 1.72. The number of methoxy groups -OCH3 is 1. The van der Waals surface area contributed by atoms with E-state index < -0.39 is 10.7 Å². The van der Waals surface area contributed by atoms with Gasteiger partial charge in [-0.1, -0.05) is 24.3 Å². The Kier molecular flexibility index (Phi) is 5.86. The molecule has 142 valence electrons. The van der Waals surface area contributed by atoms with E-state index in [-0.39, 0.29) is 17.9 Å². The summed E-state index contributed by atoms with van der Waals surface area (Å²) < 4.78 is 16.5. The van der Waals surface area contributed by atoms with Gasteiger partial charge in [-0.25, -0.2) is 0 Å². The Morgan fingerprint density at radius 3 is 2.54 bits per heavy atom. The van der Waals surface area contributed by atoms with Gasteiger partial charge in [0, 0.05) is 6.07 Å². The molecule has 0 radical (unpaired) electrons. The van der Waals surface area contributed by atoms with Gasteiger partial charge in [-0.3, -0.25) is 14.9 Å². The molecule has 0 bridgehead atoms. The molecule has 28 heavy (non-hydrogen) atoms. The van der Waals surface area contributed by atoms with Crippen LogP contribution in [0.2, 0.25) is 0 Å². The molecule has 2 aromatic carbocycles. The fourth-order valence-electron chi connectivity index (χ4n) is 2.54. The van der Waals surface area contributed by atoms with E-state index in [0.29, 0.717) is 23.0 Å². The number of nitro groups is 1. The van der Waals surface area contributed by atoms with Crippen molar-refractivity contribution in [3.63, 3.8) is 0 Å². The molecule has 7 nitrogen and oxygen atoms in total. The third-order valence-corrected chi connectivity index (χ3v) is 3.89. The second kappa shape index (κ2) is 8.68. The first-order valence-electron chi connectivity index (χ1n) is 8.39. The Balaban J connectivity index is 1.66. The molecule has 0 saturated carbocycles. The zero-order valence-electron chi connectivity index (χ0n) is 15.0. The Labute approximate surface area is 161 Å². The minimum Gasteiger partial charge on any atom is -0.493 e. The molecule has 0 N–H and O–H groups in total. The van der Waals surface area contributed by atoms with Crippen molar-refractivity contribution in [2.24, 2.45) is 0 Å². The van der Waals surface area contributed by atoms with Gasteiger partial charge in [-0.15, -0.1) is 0 Å². The van der Waals surface area contributed by atoms with E-state index in [0.717, 1.165) is 0 Å². The monoisotopic (exact) mass is 379 g/mol. The number of carbonyl (C=O) groups is 1. The maximum Gasteiger partial charge on any atom is 0.280 e. The van der Waals surface area contributed by atoms with Gasteiger partial charge in [-0.05, 0) is 42.5 Å². The fraction of sp³-hybridized carbons (Fsp3) is 0.0952. The molecule has 0 atom stereocenters. The Bertz CT molecular complexity index is 1020. The van der Waals surface area contributed by atoms with Gasteiger partial charge < -0.3 is 13.9 Å². The van der Waals surface area contributed by atoms with Crippen molar-refractivity contribution < 1.29 is 23.6 Å². The highest BCUT2D eigenvalue weighted by atomic mass is 16.6. The third-order valence-electron chi connectivity index (χ3n) is 3.89. The van der Waals surface area contributed by atoms with Crippen LogP contribution in [0.4, 0.5) is 5.69 Å². The Morgan fingerprint density at radius 1 is 1.07 bits per heavy atom. The number of rotatable bonds is 8. The average molecular weight is 379 g/mol. The van der Waals surface area contributed by atoms with Crippen LogP contribution < -0.4 is 9.47 Å². The summed E-state index contributed by atoms with van der Waals surface area (Å²) in [6.45, 7) is 0.187. The molecular formula is C21H17NO6. The average Bonchev–Trinajstić information content (AvgIpc) is 3.18. The first kappa shape index (κ1) is 18.9. The fourth-order valence-corrected chi connectivity index (χ4v) is 2.54. The lowest BCUT2D eigenvalue weighted by atomic mass is 10.1. The highest BCUT2D eigenvalue weighted by molar-refractivity contribution is 6.09. The van der Waals surface area contributed by atoms with Crippen molar-refractivity contribution in [1.82, 2.24) is 0 Å². The zero-order chi connectivity index (χ0) is 19.9. The van der Waals surface area contributed by atoms with Crippen molar-refractivity contribution in [2.45, 2.75) is 6.61 Å². The van der Waals surface area contributed by atoms with Crippen molar-refractivity contribution in [3.8, 4) is 11.5 Å². The topological polar surface area (TPSA) is 91.8 Å². The number of para-hydroxylation sites is 3. The Morgan fingerprint density at radius 2 is 1.79 bits per heavy atom. The van der Waals surface area contributed by atoms with Gasteiger partial charge in [0.15, 0.2) is 17.3 Å². The summed E-state index contributed by atoms with van der Waals surface area (Å²) in [5, 5.41) is 11.0. The van der Waals surface area contributed by atoms with Crippen LogP contribution in [0.15, 0.2) is 71.2 Å². The van der Waals surface area contributed by atoms with Crippen LogP contribution in [-0.2, 0) is 6.61 Å². The number of furan rings is 1. The molecule has 7 heteroatoms. The molecule has 0 aliphatic carbocycles. The normalized spacial score (nSPS) is 10.8. The van der Waals surface area contributed by atoms with Crippen molar-refractivity contribution in [1.29, 1.82) is 0 Å². The number of nitrogens with zero attached hydrogens (tertiary/aromatic N) is 1. The SMILES string of the molecule is COc1ccccc1OCc1ccc(/C=C/C(=O)c2ccccc2[N+](=O)[O-])o1. The number of nitro benzene ring substituents is 1. The smallest absolute Gasteiger partial charge is 0.280 e. The number of allylic oxidation sites excluding steroid dienone is 1. The lowest BCUT2D eigenvalue weighted by Gasteiger charge is -2.08. The van der Waals surface area contributed by atoms with Gasteiger partial charge >= 0.3 is 0 Å². The van der Waals surface area contributed by atoms with Gasteiger partial charge in [-0.2, -0.15) is 0 Å². The van der Waals surface area contributed by atoms with E-state index in [4.69, 9.17) is 13.9 Å². The molecule has 0 unspecified atom stereocenters. The number of hydrogen-bond donors (Lipinski definition) is 0. The summed E-state index contributed by atoms with van der Waals surface area (Å²) in [6, 6.07) is 16.5. The summed E-state index contributed by atoms with van der Waals surface area (Å²) in [7, 11) is 1.56. The van der Waals surface area contributed by atoms with E-state index in [2.05, 4.69) is 0 Å². The van der Waals surface area contributed by atoms with Gasteiger partial charge in [0.1, 0.15) is 18.1 Å². The van der Waals surface area contributed by atoms with E-state index in [1.54, 1.807) is 37.4 Å². The minimum atomic E-state index is -0.582. The zero-order valence-corrected chi connectivity index (χ0v) is 15.0. The van der Waals surface area contributed by atoms with Crippen LogP contribution in [0.25, 0.3) is 6.08 Å². The van der Waals surface area contributed by atoms with Crippen LogP contribution in [-0.4, -0.2) is 17.8 Å². The molecule has 3 aromatic rings. The van der Waals surface area contributed by atoms with Crippen molar-refractivity contribution in [2.75, 3.05) is 7.11 Å². The van der Waals surface area contributed by atoms with Crippen molar-refractivity contribution in [3.05, 3.63) is 93.9 Å². The number of hydrogen-bond acceptors (Lipinski definition) is 6. The number of ether oxygens (including phenoxy) is 2. The van der Waals surface area contributed by atoms with Crippen LogP contribution in [0.3, 0.4) is 0 Å². The van der Waals surface area contributed by atoms with Crippen LogP contribution in [0, 0.1) is 10.1 Å². The first-order chi connectivity index (χ1) is 13.6. The molecule has 1 heterocycles. The number of ketones is 1. The molecular weight excluding hydrogens is 362 g/mol. The predicted molar refractivity (Wildman–Crippen MR) is 102 cm³/mol. The molecule has 3 rings (SSSR count). The second-order valence-corrected chi connectivity index (χ2v) is 5.72. The molecule has 0 aliphatic rings. The lowest BCUT2D eigenvalue weighted by molar-refractivity contribution is -0.385. The van der Waals surface area contributed by atoms with E-state index in [1.165, 1.54) is 30.4 Å². The maximum absolute atomic E-state index is 12.3. The molecule has 0 spiro atoms. The molecule has 0 saturated heterocycles. The molecule has 0 amide bonds. The van der Waals surface area contributed by atoms with Crippen LogP contribution in [0.5, 0.6) is 11.5 Å². The molecule has 0 aliphatic heterocycles. The summed E-state index contributed by atoms with van der Waals surface area (Å²) in [5.41, 5.74) is -0.211. The van der Waals surface area contributed by atoms with Crippen LogP contribution in [0.1, 0.15) is 21.9 Å². The lowest BCUT2D eigenvalue weighted by Crippen LogP contribution is -2.00. The van der Waals surface area contributed by atoms with Gasteiger partial charge in [0.25, 0.3) is 5.69 Å². The summed E-state index contributed by atoms with van der Waals surface area (Å²) in [4.78, 5) is 22.7. The first-order valence-corrected chi connectivity index (χ1v) is 8.39. The maximum atomic E-state index is 12.3. The van der Waals surface area contributed by atoms with Gasteiger partial charge in [0.05, 0.1) is 17.6 Å². The summed E-state index contributed by atoms with van der Waals surface area (Å²) in [6.07, 6.45) is 2.71. The quantitative estimate of drug-likeness (QED) is 0.244. The van der Waals surface area contributed by atoms with Gasteiger partial charge in [0.2, 0.25) is 0 Å². The minimum absolute atomic E-state index is 0.0232. The van der Waals surface area contributed by atoms with E-state index in [1.807, 2.05) is 12.1 Å². The van der Waals surface area contributed by atoms with E-state index >= 15 is 0 Å². The third kappa shape index (κ3) is 4.45. The highest BCUT2D eigenvalue weighted by Crippen LogP contribution is 2.27. The summed E-state index contributed by atoms with van der Waals surface area (Å²) >= 11 is 0. The molecule has 0 fully saturated rings. The largest absolute Gasteiger partial charge is 0.493 e. The predicted octanol–water partition coefficient (Wildman–Crippen LogP) is 4.67. The van der Waals surface area contributed by atoms with Crippen molar-refractivity contribution >= 4 is 17.5 Å². The second-order valence-electron chi connectivity index (χ2n) is 5.72.